The van der Waals surface area contributed by atoms with Crippen LogP contribution in [0.2, 0.25) is 0 Å². The molecule has 180 valence electrons. The molecule has 0 bridgehead atoms. The van der Waals surface area contributed by atoms with Crippen LogP contribution in [0.3, 0.4) is 0 Å². The van der Waals surface area contributed by atoms with E-state index in [1.165, 1.54) is 27.2 Å². The zero-order valence-corrected chi connectivity index (χ0v) is 21.2. The van der Waals surface area contributed by atoms with E-state index < -0.39 is 10.0 Å². The van der Waals surface area contributed by atoms with E-state index in [0.29, 0.717) is 45.1 Å². The SMILES string of the molecule is CCN(CC)S(=O)(=O)c1ccc(N2CCOCC2)c(NC(=O)CSCc2ccc(C)cc2)c1. The highest BCUT2D eigenvalue weighted by Gasteiger charge is 2.24. The van der Waals surface area contributed by atoms with Crippen LogP contribution < -0.4 is 10.2 Å². The van der Waals surface area contributed by atoms with Gasteiger partial charge in [0.25, 0.3) is 0 Å². The number of aryl methyl sites for hydroxylation is 1. The molecule has 1 fully saturated rings. The Labute approximate surface area is 201 Å². The smallest absolute Gasteiger partial charge is 0.243 e. The number of sulfonamides is 1. The van der Waals surface area contributed by atoms with Gasteiger partial charge >= 0.3 is 0 Å². The largest absolute Gasteiger partial charge is 0.378 e. The lowest BCUT2D eigenvalue weighted by Crippen LogP contribution is -2.37. The van der Waals surface area contributed by atoms with Crippen molar-refractivity contribution in [3.05, 3.63) is 53.6 Å². The number of nitrogens with zero attached hydrogens (tertiary/aromatic N) is 2. The molecule has 1 saturated heterocycles. The minimum absolute atomic E-state index is 0.154. The maximum absolute atomic E-state index is 13.0. The lowest BCUT2D eigenvalue weighted by molar-refractivity contribution is -0.113. The lowest BCUT2D eigenvalue weighted by Gasteiger charge is -2.31. The third-order valence-electron chi connectivity index (χ3n) is 5.56. The van der Waals surface area contributed by atoms with E-state index in [0.717, 1.165) is 11.4 Å². The summed E-state index contributed by atoms with van der Waals surface area (Å²) in [5, 5.41) is 2.97. The topological polar surface area (TPSA) is 79.0 Å². The number of benzene rings is 2. The molecule has 0 atom stereocenters. The van der Waals surface area contributed by atoms with Crippen molar-refractivity contribution in [1.29, 1.82) is 0 Å². The van der Waals surface area contributed by atoms with Gasteiger partial charge in [0.2, 0.25) is 15.9 Å². The number of hydrogen-bond donors (Lipinski definition) is 1. The maximum atomic E-state index is 13.0. The van der Waals surface area contributed by atoms with E-state index in [9.17, 15) is 13.2 Å². The zero-order valence-electron chi connectivity index (χ0n) is 19.5. The molecule has 1 aliphatic heterocycles. The lowest BCUT2D eigenvalue weighted by atomic mass is 10.2. The van der Waals surface area contributed by atoms with E-state index in [2.05, 4.69) is 34.5 Å². The molecule has 9 heteroatoms. The first kappa shape index (κ1) is 25.6. The number of carbonyl (C=O) groups excluding carboxylic acids is 1. The summed E-state index contributed by atoms with van der Waals surface area (Å²) in [4.78, 5) is 15.1. The molecule has 1 heterocycles. The van der Waals surface area contributed by atoms with Gasteiger partial charge in [0, 0.05) is 31.9 Å². The Morgan fingerprint density at radius 3 is 2.39 bits per heavy atom. The monoisotopic (exact) mass is 491 g/mol. The summed E-state index contributed by atoms with van der Waals surface area (Å²) in [6.07, 6.45) is 0. The van der Waals surface area contributed by atoms with Crippen molar-refractivity contribution in [1.82, 2.24) is 4.31 Å². The van der Waals surface area contributed by atoms with Gasteiger partial charge in [-0.3, -0.25) is 4.79 Å². The summed E-state index contributed by atoms with van der Waals surface area (Å²) in [6, 6.07) is 13.3. The summed E-state index contributed by atoms with van der Waals surface area (Å²) in [5.41, 5.74) is 3.70. The number of morpholine rings is 1. The molecule has 1 aliphatic rings. The number of nitrogens with one attached hydrogen (secondary N) is 1. The highest BCUT2D eigenvalue weighted by Crippen LogP contribution is 2.31. The van der Waals surface area contributed by atoms with Crippen LogP contribution in [-0.4, -0.2) is 63.8 Å². The number of anilines is 2. The first-order chi connectivity index (χ1) is 15.8. The summed E-state index contributed by atoms with van der Waals surface area (Å²) >= 11 is 1.53. The maximum Gasteiger partial charge on any atom is 0.243 e. The summed E-state index contributed by atoms with van der Waals surface area (Å²) in [6.45, 7) is 9.03. The summed E-state index contributed by atoms with van der Waals surface area (Å²) in [5.74, 6) is 0.864. The summed E-state index contributed by atoms with van der Waals surface area (Å²) in [7, 11) is -3.63. The molecule has 2 aromatic carbocycles. The Hall–Kier alpha value is -2.07. The first-order valence-corrected chi connectivity index (χ1v) is 13.8. The molecule has 7 nitrogen and oxygen atoms in total. The molecule has 2 aromatic rings. The molecule has 0 aromatic heterocycles. The molecule has 0 radical (unpaired) electrons. The van der Waals surface area contributed by atoms with E-state index in [-0.39, 0.29) is 16.6 Å². The second-order valence-electron chi connectivity index (χ2n) is 7.89. The van der Waals surface area contributed by atoms with Crippen LogP contribution in [0.4, 0.5) is 11.4 Å². The van der Waals surface area contributed by atoms with Gasteiger partial charge in [0.1, 0.15) is 0 Å². The molecule has 3 rings (SSSR count). The zero-order chi connectivity index (χ0) is 23.8. The van der Waals surface area contributed by atoms with Crippen molar-refractivity contribution in [2.45, 2.75) is 31.4 Å². The van der Waals surface area contributed by atoms with Crippen LogP contribution in [-0.2, 0) is 25.3 Å². The average molecular weight is 492 g/mol. The molecule has 33 heavy (non-hydrogen) atoms. The predicted octanol–water partition coefficient (Wildman–Crippen LogP) is 3.73. The molecule has 1 N–H and O–H groups in total. The number of thioether (sulfide) groups is 1. The van der Waals surface area contributed by atoms with E-state index >= 15 is 0 Å². The van der Waals surface area contributed by atoms with Crippen molar-refractivity contribution in [2.75, 3.05) is 55.4 Å². The van der Waals surface area contributed by atoms with Gasteiger partial charge < -0.3 is 15.0 Å². The highest BCUT2D eigenvalue weighted by atomic mass is 32.2. The van der Waals surface area contributed by atoms with Crippen LogP contribution in [0.25, 0.3) is 0 Å². The Kier molecular flexibility index (Phi) is 9.19. The number of carbonyl (C=O) groups is 1. The minimum Gasteiger partial charge on any atom is -0.378 e. The third-order valence-corrected chi connectivity index (χ3v) is 8.61. The Morgan fingerprint density at radius 1 is 1.09 bits per heavy atom. The number of amides is 1. The fourth-order valence-electron chi connectivity index (χ4n) is 3.70. The van der Waals surface area contributed by atoms with Crippen LogP contribution in [0, 0.1) is 6.92 Å². The van der Waals surface area contributed by atoms with Crippen molar-refractivity contribution < 1.29 is 17.9 Å². The molecular weight excluding hydrogens is 458 g/mol. The highest BCUT2D eigenvalue weighted by molar-refractivity contribution is 7.99. The molecule has 1 amide bonds. The fourth-order valence-corrected chi connectivity index (χ4v) is 5.97. The second-order valence-corrected chi connectivity index (χ2v) is 10.8. The molecule has 0 saturated carbocycles. The average Bonchev–Trinajstić information content (AvgIpc) is 2.81. The van der Waals surface area contributed by atoms with Gasteiger partial charge in [0.05, 0.1) is 35.2 Å². The van der Waals surface area contributed by atoms with Gasteiger partial charge in [-0.15, -0.1) is 11.8 Å². The van der Waals surface area contributed by atoms with Crippen molar-refractivity contribution in [3.63, 3.8) is 0 Å². The van der Waals surface area contributed by atoms with Gasteiger partial charge in [-0.2, -0.15) is 4.31 Å². The number of hydrogen-bond acceptors (Lipinski definition) is 6. The van der Waals surface area contributed by atoms with E-state index in [1.807, 2.05) is 20.8 Å². The van der Waals surface area contributed by atoms with Crippen LogP contribution in [0.1, 0.15) is 25.0 Å². The molecular formula is C24H33N3O4S2. The van der Waals surface area contributed by atoms with Crippen molar-refractivity contribution in [2.24, 2.45) is 0 Å². The van der Waals surface area contributed by atoms with Gasteiger partial charge in [-0.25, -0.2) is 8.42 Å². The van der Waals surface area contributed by atoms with Crippen LogP contribution in [0.15, 0.2) is 47.4 Å². The van der Waals surface area contributed by atoms with Crippen molar-refractivity contribution in [3.8, 4) is 0 Å². The Bertz CT molecular complexity index is 1030. The van der Waals surface area contributed by atoms with E-state index in [4.69, 9.17) is 4.74 Å². The Balaban J connectivity index is 1.77. The standard InChI is InChI=1S/C24H33N3O4S2/c1-4-27(5-2)33(29,30)21-10-11-23(26-12-14-31-15-13-26)22(16-21)25-24(28)18-32-17-20-8-6-19(3)7-9-20/h6-11,16H,4-5,12-15,17-18H2,1-3H3,(H,25,28). The third kappa shape index (κ3) is 6.72. The van der Waals surface area contributed by atoms with Gasteiger partial charge in [-0.1, -0.05) is 43.7 Å². The fraction of sp³-hybridized carbons (Fsp3) is 0.458. The number of rotatable bonds is 10. The van der Waals surface area contributed by atoms with Gasteiger partial charge in [-0.05, 0) is 30.7 Å². The van der Waals surface area contributed by atoms with Crippen LogP contribution >= 0.6 is 11.8 Å². The van der Waals surface area contributed by atoms with E-state index in [1.54, 1.807) is 18.2 Å². The normalized spacial score (nSPS) is 14.5. The summed E-state index contributed by atoms with van der Waals surface area (Å²) < 4.78 is 33.0. The molecule has 0 spiro atoms. The molecule has 0 unspecified atom stereocenters. The molecule has 0 aliphatic carbocycles. The minimum atomic E-state index is -3.63. The quantitative estimate of drug-likeness (QED) is 0.546. The predicted molar refractivity (Wildman–Crippen MR) is 136 cm³/mol. The van der Waals surface area contributed by atoms with Gasteiger partial charge in [0.15, 0.2) is 0 Å². The second kappa shape index (κ2) is 11.9. The number of ether oxygens (including phenoxy) is 1. The Morgan fingerprint density at radius 2 is 1.76 bits per heavy atom. The first-order valence-electron chi connectivity index (χ1n) is 11.2. The van der Waals surface area contributed by atoms with Crippen LogP contribution in [0.5, 0.6) is 0 Å². The van der Waals surface area contributed by atoms with Crippen molar-refractivity contribution >= 4 is 39.1 Å².